The number of non-ortho nitro benzene ring substituents is 1. The third-order valence-electron chi connectivity index (χ3n) is 3.33. The van der Waals surface area contributed by atoms with Crippen LogP contribution in [0.25, 0.3) is 11.3 Å². The fraction of sp³-hybridized carbons (Fsp3) is 0. The maximum atomic E-state index is 13.4. The highest BCUT2D eigenvalue weighted by Gasteiger charge is 2.20. The van der Waals surface area contributed by atoms with Crippen molar-refractivity contribution in [1.82, 2.24) is 4.98 Å². The average molecular weight is 380 g/mol. The lowest BCUT2D eigenvalue weighted by Gasteiger charge is -2.04. The van der Waals surface area contributed by atoms with E-state index in [0.29, 0.717) is 5.56 Å². The summed E-state index contributed by atoms with van der Waals surface area (Å²) in [6.07, 6.45) is 0.996. The van der Waals surface area contributed by atoms with Gasteiger partial charge in [0.2, 0.25) is 11.6 Å². The number of nitro benzene ring substituents is 1. The Labute approximate surface area is 148 Å². The smallest absolute Gasteiger partial charge is 0.270 e. The molecule has 3 aromatic rings. The summed E-state index contributed by atoms with van der Waals surface area (Å²) in [6.45, 7) is 0. The fourth-order valence-corrected chi connectivity index (χ4v) is 2.10. The zero-order chi connectivity index (χ0) is 19.6. The molecule has 0 unspecified atom stereocenters. The van der Waals surface area contributed by atoms with Gasteiger partial charge in [-0.05, 0) is 12.1 Å². The molecule has 1 aromatic carbocycles. The van der Waals surface area contributed by atoms with Gasteiger partial charge < -0.3 is 4.42 Å². The quantitative estimate of drug-likeness (QED) is 0.235. The first-order valence-corrected chi connectivity index (χ1v) is 7.20. The minimum atomic E-state index is -1.82. The van der Waals surface area contributed by atoms with Crippen molar-refractivity contribution in [3.8, 4) is 11.3 Å². The zero-order valence-electron chi connectivity index (χ0n) is 13.1. The Morgan fingerprint density at radius 2 is 1.81 bits per heavy atom. The zero-order valence-corrected chi connectivity index (χ0v) is 13.1. The van der Waals surface area contributed by atoms with Crippen LogP contribution >= 0.6 is 0 Å². The summed E-state index contributed by atoms with van der Waals surface area (Å²) in [5.74, 6) is -6.72. The molecule has 0 bridgehead atoms. The molecule has 0 aliphatic rings. The fourth-order valence-electron chi connectivity index (χ4n) is 2.10. The maximum absolute atomic E-state index is 13.4. The molecule has 7 nitrogen and oxygen atoms in total. The highest BCUT2D eigenvalue weighted by atomic mass is 19.2. The number of hydrogen-bond donors (Lipinski definition) is 1. The summed E-state index contributed by atoms with van der Waals surface area (Å²) in [6, 6.07) is 8.59. The lowest BCUT2D eigenvalue weighted by Crippen LogP contribution is -2.05. The topological polar surface area (TPSA) is 93.6 Å². The predicted molar refractivity (Wildman–Crippen MR) is 86.1 cm³/mol. The molecule has 0 atom stereocenters. The van der Waals surface area contributed by atoms with Crippen molar-refractivity contribution in [3.63, 3.8) is 0 Å². The second kappa shape index (κ2) is 7.23. The van der Waals surface area contributed by atoms with Gasteiger partial charge in [-0.1, -0.05) is 12.1 Å². The normalized spacial score (nSPS) is 11.1. The van der Waals surface area contributed by atoms with Crippen molar-refractivity contribution in [1.29, 1.82) is 0 Å². The number of nitro groups is 1. The maximum Gasteiger partial charge on any atom is 0.270 e. The van der Waals surface area contributed by atoms with Gasteiger partial charge in [-0.2, -0.15) is 27.6 Å². The Morgan fingerprint density at radius 1 is 1.11 bits per heavy atom. The van der Waals surface area contributed by atoms with Crippen molar-refractivity contribution in [2.24, 2.45) is 5.10 Å². The van der Waals surface area contributed by atoms with Crippen LogP contribution in [0.4, 0.5) is 28.9 Å². The standard InChI is InChI=1S/C16H8F4N4O3/c17-12-14(13(18)16(20)22-15(12)19)23-21-7-10-4-5-11(27-10)8-2-1-3-9(6-8)24(25)26/h1-7H,(H,22,23)/b21-7+. The average Bonchev–Trinajstić information content (AvgIpc) is 3.12. The van der Waals surface area contributed by atoms with E-state index in [-0.39, 0.29) is 17.2 Å². The molecule has 2 aromatic heterocycles. The summed E-state index contributed by atoms with van der Waals surface area (Å²) >= 11 is 0. The molecular formula is C16H8F4N4O3. The van der Waals surface area contributed by atoms with Crippen molar-refractivity contribution in [2.45, 2.75) is 0 Å². The molecule has 0 saturated heterocycles. The van der Waals surface area contributed by atoms with Crippen LogP contribution in [0.5, 0.6) is 0 Å². The molecule has 0 aliphatic carbocycles. The highest BCUT2D eigenvalue weighted by molar-refractivity contribution is 5.78. The number of pyridine rings is 1. The van der Waals surface area contributed by atoms with E-state index in [1.165, 1.54) is 30.3 Å². The van der Waals surface area contributed by atoms with Gasteiger partial charge in [0, 0.05) is 17.7 Å². The van der Waals surface area contributed by atoms with Crippen molar-refractivity contribution >= 4 is 17.6 Å². The van der Waals surface area contributed by atoms with Crippen LogP contribution in [0, 0.1) is 33.6 Å². The SMILES string of the molecule is O=[N+]([O-])c1cccc(-c2ccc(/C=N/Nc3c(F)c(F)nc(F)c3F)o2)c1. The van der Waals surface area contributed by atoms with Crippen LogP contribution in [0.15, 0.2) is 45.9 Å². The molecule has 0 aliphatic heterocycles. The molecule has 27 heavy (non-hydrogen) atoms. The van der Waals surface area contributed by atoms with Crippen molar-refractivity contribution in [2.75, 3.05) is 5.43 Å². The molecule has 0 radical (unpaired) electrons. The molecule has 2 heterocycles. The molecule has 0 fully saturated rings. The number of hydrogen-bond acceptors (Lipinski definition) is 6. The van der Waals surface area contributed by atoms with E-state index in [2.05, 4.69) is 10.1 Å². The van der Waals surface area contributed by atoms with E-state index in [4.69, 9.17) is 4.42 Å². The minimum Gasteiger partial charge on any atom is -0.455 e. The van der Waals surface area contributed by atoms with Gasteiger partial charge in [0.25, 0.3) is 17.6 Å². The van der Waals surface area contributed by atoms with Crippen LogP contribution in [0.2, 0.25) is 0 Å². The first-order valence-electron chi connectivity index (χ1n) is 7.20. The molecule has 1 N–H and O–H groups in total. The Morgan fingerprint density at radius 3 is 2.48 bits per heavy atom. The first kappa shape index (κ1) is 18.0. The van der Waals surface area contributed by atoms with Gasteiger partial charge in [-0.3, -0.25) is 15.5 Å². The molecule has 0 spiro atoms. The van der Waals surface area contributed by atoms with Gasteiger partial charge >= 0.3 is 0 Å². The first-order chi connectivity index (χ1) is 12.9. The van der Waals surface area contributed by atoms with Crippen LogP contribution in [-0.2, 0) is 0 Å². The summed E-state index contributed by atoms with van der Waals surface area (Å²) in [5, 5.41) is 14.2. The molecule has 0 amide bonds. The molecule has 0 saturated carbocycles. The van der Waals surface area contributed by atoms with E-state index in [0.717, 1.165) is 6.21 Å². The van der Waals surface area contributed by atoms with Crippen LogP contribution in [0.1, 0.15) is 5.76 Å². The number of anilines is 1. The summed E-state index contributed by atoms with van der Waals surface area (Å²) in [5.41, 5.74) is 0.976. The molecular weight excluding hydrogens is 372 g/mol. The van der Waals surface area contributed by atoms with Crippen LogP contribution in [-0.4, -0.2) is 16.1 Å². The molecule has 11 heteroatoms. The molecule has 138 valence electrons. The number of nitrogens with zero attached hydrogens (tertiary/aromatic N) is 3. The number of halogens is 4. The van der Waals surface area contributed by atoms with E-state index in [9.17, 15) is 27.7 Å². The van der Waals surface area contributed by atoms with E-state index < -0.39 is 34.1 Å². The molecule has 3 rings (SSSR count). The van der Waals surface area contributed by atoms with Gasteiger partial charge in [0.15, 0.2) is 0 Å². The highest BCUT2D eigenvalue weighted by Crippen LogP contribution is 2.25. The number of aromatic nitrogens is 1. The summed E-state index contributed by atoms with van der Waals surface area (Å²) < 4.78 is 58.3. The Hall–Kier alpha value is -3.76. The van der Waals surface area contributed by atoms with Crippen LogP contribution < -0.4 is 5.43 Å². The number of nitrogens with one attached hydrogen (secondary N) is 1. The Kier molecular flexibility index (Phi) is 4.83. The van der Waals surface area contributed by atoms with Gasteiger partial charge in [-0.15, -0.1) is 0 Å². The van der Waals surface area contributed by atoms with Crippen molar-refractivity contribution in [3.05, 3.63) is 75.8 Å². The number of hydrazone groups is 1. The van der Waals surface area contributed by atoms with Gasteiger partial charge in [0.1, 0.15) is 17.2 Å². The largest absolute Gasteiger partial charge is 0.455 e. The van der Waals surface area contributed by atoms with E-state index >= 15 is 0 Å². The predicted octanol–water partition coefficient (Wildman–Crippen LogP) is 4.25. The second-order valence-corrected chi connectivity index (χ2v) is 5.08. The lowest BCUT2D eigenvalue weighted by molar-refractivity contribution is -0.384. The van der Waals surface area contributed by atoms with Gasteiger partial charge in [0.05, 0.1) is 11.1 Å². The number of rotatable bonds is 5. The van der Waals surface area contributed by atoms with Crippen molar-refractivity contribution < 1.29 is 26.9 Å². The number of benzene rings is 1. The summed E-state index contributed by atoms with van der Waals surface area (Å²) in [4.78, 5) is 12.6. The number of furan rings is 1. The summed E-state index contributed by atoms with van der Waals surface area (Å²) in [7, 11) is 0. The Balaban J connectivity index is 1.79. The minimum absolute atomic E-state index is 0.111. The third-order valence-corrected chi connectivity index (χ3v) is 3.33. The van der Waals surface area contributed by atoms with E-state index in [1.54, 1.807) is 6.07 Å². The lowest BCUT2D eigenvalue weighted by atomic mass is 10.1. The van der Waals surface area contributed by atoms with E-state index in [1.807, 2.05) is 5.43 Å². The Bertz CT molecular complexity index is 1030. The monoisotopic (exact) mass is 380 g/mol. The van der Waals surface area contributed by atoms with Crippen LogP contribution in [0.3, 0.4) is 0 Å². The third kappa shape index (κ3) is 3.76. The van der Waals surface area contributed by atoms with Gasteiger partial charge in [-0.25, -0.2) is 0 Å². The second-order valence-electron chi connectivity index (χ2n) is 5.08.